The Hall–Kier alpha value is -5.56. The Balaban J connectivity index is 1.25. The van der Waals surface area contributed by atoms with E-state index in [-0.39, 0.29) is 17.9 Å². The first-order valence-corrected chi connectivity index (χ1v) is 15.9. The third kappa shape index (κ3) is 6.17. The van der Waals surface area contributed by atoms with Gasteiger partial charge in [0.2, 0.25) is 5.91 Å². The second-order valence-electron chi connectivity index (χ2n) is 11.8. The summed E-state index contributed by atoms with van der Waals surface area (Å²) in [5.41, 5.74) is 4.39. The molecule has 1 saturated carbocycles. The van der Waals surface area contributed by atoms with Crippen molar-refractivity contribution in [1.82, 2.24) is 20.3 Å². The minimum atomic E-state index is -0.871. The van der Waals surface area contributed by atoms with E-state index in [2.05, 4.69) is 21.7 Å². The largest absolute Gasteiger partial charge is 0.351 e. The van der Waals surface area contributed by atoms with Gasteiger partial charge in [0.25, 0.3) is 5.91 Å². The van der Waals surface area contributed by atoms with Crippen LogP contribution in [-0.4, -0.2) is 32.9 Å². The van der Waals surface area contributed by atoms with Gasteiger partial charge in [-0.25, -0.2) is 4.68 Å². The van der Waals surface area contributed by atoms with Crippen LogP contribution in [0.15, 0.2) is 134 Å². The standard InChI is InChI=1S/C39H35N5O2/c45-38(40-33-16-6-2-7-17-33)37(32-21-20-28-12-10-11-15-31(28)26-32)44(35-18-8-3-9-19-35)39(46)30-22-24-34(25-23-30)43-27-36(41-42-43)29-13-4-1-5-14-29/h1,3-5,8-15,18-27,33,37H,2,6-7,16-17H2,(H,40,45). The van der Waals surface area contributed by atoms with Crippen LogP contribution in [0.2, 0.25) is 0 Å². The molecular weight excluding hydrogens is 570 g/mol. The van der Waals surface area contributed by atoms with E-state index in [1.165, 1.54) is 6.42 Å². The summed E-state index contributed by atoms with van der Waals surface area (Å²) in [5, 5.41) is 14.0. The maximum absolute atomic E-state index is 14.6. The van der Waals surface area contributed by atoms with Crippen molar-refractivity contribution in [1.29, 1.82) is 0 Å². The van der Waals surface area contributed by atoms with Crippen LogP contribution in [0.4, 0.5) is 5.69 Å². The number of fused-ring (bicyclic) bond motifs is 1. The van der Waals surface area contributed by atoms with E-state index in [4.69, 9.17) is 0 Å². The summed E-state index contributed by atoms with van der Waals surface area (Å²) >= 11 is 0. The lowest BCUT2D eigenvalue weighted by molar-refractivity contribution is -0.123. The van der Waals surface area contributed by atoms with Crippen molar-refractivity contribution >= 4 is 28.3 Å². The number of amides is 2. The average Bonchev–Trinajstić information content (AvgIpc) is 3.62. The molecule has 0 bridgehead atoms. The number of nitrogens with one attached hydrogen (secondary N) is 1. The van der Waals surface area contributed by atoms with Crippen molar-refractivity contribution in [3.8, 4) is 16.9 Å². The van der Waals surface area contributed by atoms with Crippen LogP contribution in [0.3, 0.4) is 0 Å². The summed E-state index contributed by atoms with van der Waals surface area (Å²) in [5.74, 6) is -0.440. The molecule has 228 valence electrons. The first-order valence-electron chi connectivity index (χ1n) is 15.9. The van der Waals surface area contributed by atoms with Gasteiger partial charge in [0.1, 0.15) is 11.7 Å². The van der Waals surface area contributed by atoms with Crippen LogP contribution in [0, 0.1) is 0 Å². The van der Waals surface area contributed by atoms with Crippen LogP contribution in [0.25, 0.3) is 27.7 Å². The summed E-state index contributed by atoms with van der Waals surface area (Å²) < 4.78 is 1.70. The monoisotopic (exact) mass is 605 g/mol. The summed E-state index contributed by atoms with van der Waals surface area (Å²) in [6.07, 6.45) is 7.15. The maximum Gasteiger partial charge on any atom is 0.259 e. The number of rotatable bonds is 8. The molecule has 1 atom stereocenters. The van der Waals surface area contributed by atoms with E-state index in [0.717, 1.165) is 59.0 Å². The lowest BCUT2D eigenvalue weighted by atomic mass is 9.94. The summed E-state index contributed by atoms with van der Waals surface area (Å²) in [6, 6.07) is 39.9. The van der Waals surface area contributed by atoms with Crippen molar-refractivity contribution in [3.63, 3.8) is 0 Å². The maximum atomic E-state index is 14.6. The molecule has 1 aromatic heterocycles. The molecule has 6 aromatic rings. The molecule has 0 aliphatic heterocycles. The van der Waals surface area contributed by atoms with Crippen molar-refractivity contribution < 1.29 is 9.59 Å². The van der Waals surface area contributed by atoms with E-state index in [1.807, 2.05) is 115 Å². The minimum Gasteiger partial charge on any atom is -0.351 e. The highest BCUT2D eigenvalue weighted by atomic mass is 16.2. The van der Waals surface area contributed by atoms with E-state index in [0.29, 0.717) is 11.3 Å². The van der Waals surface area contributed by atoms with Crippen molar-refractivity contribution in [2.45, 2.75) is 44.2 Å². The zero-order valence-corrected chi connectivity index (χ0v) is 25.5. The Morgan fingerprint density at radius 1 is 0.739 bits per heavy atom. The van der Waals surface area contributed by atoms with Crippen LogP contribution < -0.4 is 10.2 Å². The number of benzene rings is 5. The van der Waals surface area contributed by atoms with Gasteiger partial charge in [-0.1, -0.05) is 109 Å². The molecule has 1 unspecified atom stereocenters. The SMILES string of the molecule is O=C(NC1CCCCC1)C(c1ccc2ccccc2c1)N(C(=O)c1ccc(-n2cc(-c3ccccc3)nn2)cc1)c1ccccc1. The average molecular weight is 606 g/mol. The number of carbonyl (C=O) groups is 2. The number of aromatic nitrogens is 3. The van der Waals surface area contributed by atoms with Crippen LogP contribution >= 0.6 is 0 Å². The molecule has 0 radical (unpaired) electrons. The second kappa shape index (κ2) is 13.2. The third-order valence-corrected chi connectivity index (χ3v) is 8.74. The van der Waals surface area contributed by atoms with Crippen molar-refractivity contribution in [3.05, 3.63) is 145 Å². The molecule has 46 heavy (non-hydrogen) atoms. The lowest BCUT2D eigenvalue weighted by Crippen LogP contribution is -2.47. The van der Waals surface area contributed by atoms with Crippen LogP contribution in [-0.2, 0) is 4.79 Å². The Labute approximate surface area is 268 Å². The van der Waals surface area contributed by atoms with Gasteiger partial charge in [0.05, 0.1) is 11.9 Å². The number of para-hydroxylation sites is 1. The van der Waals surface area contributed by atoms with Crippen molar-refractivity contribution in [2.24, 2.45) is 0 Å². The fraction of sp³-hybridized carbons (Fsp3) is 0.179. The van der Waals surface area contributed by atoms with Gasteiger partial charge in [-0.3, -0.25) is 14.5 Å². The Morgan fingerprint density at radius 2 is 1.41 bits per heavy atom. The first-order chi connectivity index (χ1) is 22.6. The highest BCUT2D eigenvalue weighted by molar-refractivity contribution is 6.10. The quantitative estimate of drug-likeness (QED) is 0.191. The molecule has 1 heterocycles. The van der Waals surface area contributed by atoms with Gasteiger partial charge in [0, 0.05) is 22.9 Å². The van der Waals surface area contributed by atoms with E-state index in [1.54, 1.807) is 21.7 Å². The molecular formula is C39H35N5O2. The van der Waals surface area contributed by atoms with Gasteiger partial charge >= 0.3 is 0 Å². The summed E-state index contributed by atoms with van der Waals surface area (Å²) in [7, 11) is 0. The highest BCUT2D eigenvalue weighted by Crippen LogP contribution is 2.32. The normalized spacial score (nSPS) is 14.1. The smallest absolute Gasteiger partial charge is 0.259 e. The Kier molecular flexibility index (Phi) is 8.37. The van der Waals surface area contributed by atoms with E-state index < -0.39 is 6.04 Å². The molecule has 7 heteroatoms. The molecule has 7 nitrogen and oxygen atoms in total. The lowest BCUT2D eigenvalue weighted by Gasteiger charge is -2.33. The fourth-order valence-corrected chi connectivity index (χ4v) is 6.32. The molecule has 5 aromatic carbocycles. The molecule has 0 spiro atoms. The van der Waals surface area contributed by atoms with E-state index in [9.17, 15) is 9.59 Å². The first kappa shape index (κ1) is 29.2. The second-order valence-corrected chi connectivity index (χ2v) is 11.8. The van der Waals surface area contributed by atoms with Gasteiger partial charge in [0.15, 0.2) is 0 Å². The molecule has 1 aliphatic rings. The highest BCUT2D eigenvalue weighted by Gasteiger charge is 2.35. The number of hydrogen-bond donors (Lipinski definition) is 1. The Bertz CT molecular complexity index is 1950. The molecule has 0 saturated heterocycles. The van der Waals surface area contributed by atoms with Gasteiger partial charge in [-0.2, -0.15) is 0 Å². The molecule has 7 rings (SSSR count). The van der Waals surface area contributed by atoms with Crippen molar-refractivity contribution in [2.75, 3.05) is 4.90 Å². The fourth-order valence-electron chi connectivity index (χ4n) is 6.32. The predicted octanol–water partition coefficient (Wildman–Crippen LogP) is 7.92. The van der Waals surface area contributed by atoms with Crippen LogP contribution in [0.1, 0.15) is 54.1 Å². The van der Waals surface area contributed by atoms with Gasteiger partial charge in [-0.05, 0) is 71.6 Å². The molecule has 1 N–H and O–H groups in total. The van der Waals surface area contributed by atoms with E-state index >= 15 is 0 Å². The molecule has 1 aliphatic carbocycles. The third-order valence-electron chi connectivity index (χ3n) is 8.74. The van der Waals surface area contributed by atoms with Gasteiger partial charge in [-0.15, -0.1) is 5.10 Å². The Morgan fingerprint density at radius 3 is 2.15 bits per heavy atom. The van der Waals surface area contributed by atoms with Crippen LogP contribution in [0.5, 0.6) is 0 Å². The summed E-state index contributed by atoms with van der Waals surface area (Å²) in [6.45, 7) is 0. The summed E-state index contributed by atoms with van der Waals surface area (Å²) in [4.78, 5) is 30.5. The number of nitrogens with zero attached hydrogens (tertiary/aromatic N) is 4. The molecule has 1 fully saturated rings. The van der Waals surface area contributed by atoms with Gasteiger partial charge < -0.3 is 5.32 Å². The predicted molar refractivity (Wildman–Crippen MR) is 182 cm³/mol. The molecule has 2 amide bonds. The topological polar surface area (TPSA) is 80.1 Å². The minimum absolute atomic E-state index is 0.0969. The zero-order valence-electron chi connectivity index (χ0n) is 25.5. The number of carbonyl (C=O) groups excluding carboxylic acids is 2. The number of hydrogen-bond acceptors (Lipinski definition) is 4. The number of anilines is 1. The zero-order chi connectivity index (χ0) is 31.3.